The molecule has 0 radical (unpaired) electrons. The zero-order chi connectivity index (χ0) is 19.4. The summed E-state index contributed by atoms with van der Waals surface area (Å²) in [5, 5.41) is 4.82. The van der Waals surface area contributed by atoms with E-state index in [0.717, 1.165) is 35.5 Å². The van der Waals surface area contributed by atoms with E-state index in [-0.39, 0.29) is 0 Å². The minimum atomic E-state index is 0.807. The minimum absolute atomic E-state index is 0.807. The molecule has 0 fully saturated rings. The van der Waals surface area contributed by atoms with Crippen LogP contribution in [-0.4, -0.2) is 23.4 Å². The van der Waals surface area contributed by atoms with Gasteiger partial charge in [-0.25, -0.2) is 0 Å². The van der Waals surface area contributed by atoms with E-state index in [1.54, 1.807) is 14.2 Å². The third-order valence-corrected chi connectivity index (χ3v) is 5.87. The molecule has 0 aliphatic heterocycles. The van der Waals surface area contributed by atoms with Gasteiger partial charge in [-0.05, 0) is 26.0 Å². The number of nitrogens with zero attached hydrogens (tertiary/aromatic N) is 2. The monoisotopic (exact) mass is 372 g/mol. The molecule has 0 aliphatic carbocycles. The number of methoxy groups -OCH3 is 2. The zero-order valence-electron chi connectivity index (χ0n) is 16.7. The van der Waals surface area contributed by atoms with Gasteiger partial charge in [-0.15, -0.1) is 0 Å². The highest BCUT2D eigenvalue weighted by Crippen LogP contribution is 2.50. The second-order valence-corrected chi connectivity index (χ2v) is 7.04. The molecular weight excluding hydrogens is 348 g/mol. The molecule has 0 saturated carbocycles. The molecule has 0 N–H and O–H groups in total. The van der Waals surface area contributed by atoms with Crippen molar-refractivity contribution in [2.75, 3.05) is 14.2 Å². The summed E-state index contributed by atoms with van der Waals surface area (Å²) < 4.78 is 16.7. The van der Waals surface area contributed by atoms with E-state index in [0.29, 0.717) is 0 Å². The van der Waals surface area contributed by atoms with E-state index in [1.807, 2.05) is 0 Å². The maximum Gasteiger partial charge on any atom is 0.185 e. The van der Waals surface area contributed by atoms with Crippen LogP contribution in [0, 0.1) is 0 Å². The van der Waals surface area contributed by atoms with Crippen LogP contribution in [0.5, 0.6) is 11.5 Å². The van der Waals surface area contributed by atoms with Crippen molar-refractivity contribution in [3.8, 4) is 11.5 Å². The predicted molar refractivity (Wildman–Crippen MR) is 117 cm³/mol. The van der Waals surface area contributed by atoms with Gasteiger partial charge in [0.15, 0.2) is 11.5 Å². The number of ether oxygens (including phenoxy) is 2. The third kappa shape index (κ3) is 1.95. The van der Waals surface area contributed by atoms with Crippen LogP contribution >= 0.6 is 0 Å². The van der Waals surface area contributed by atoms with E-state index in [9.17, 15) is 0 Å². The second kappa shape index (κ2) is 6.20. The Morgan fingerprint density at radius 3 is 1.68 bits per heavy atom. The van der Waals surface area contributed by atoms with E-state index >= 15 is 0 Å². The molecule has 0 bridgehead atoms. The standard InChI is InChI=1S/C24H24N2O2/c1-5-25-18-14-10-8-12-16(18)20-21(25)19-15-11-7-9-13-17(15)26(6-2)22(19)24(28-4)23(20)27-3/h7-14H,5-6H2,1-4H3. The topological polar surface area (TPSA) is 28.3 Å². The van der Waals surface area contributed by atoms with Gasteiger partial charge >= 0.3 is 0 Å². The molecule has 4 heteroatoms. The number of fused-ring (bicyclic) bond motifs is 7. The van der Waals surface area contributed by atoms with Crippen molar-refractivity contribution >= 4 is 43.6 Å². The van der Waals surface area contributed by atoms with Crippen molar-refractivity contribution in [3.05, 3.63) is 48.5 Å². The van der Waals surface area contributed by atoms with E-state index in [2.05, 4.69) is 71.5 Å². The van der Waals surface area contributed by atoms with Gasteiger partial charge < -0.3 is 18.6 Å². The van der Waals surface area contributed by atoms with Gasteiger partial charge in [0.1, 0.15) is 0 Å². The van der Waals surface area contributed by atoms with E-state index in [4.69, 9.17) is 9.47 Å². The van der Waals surface area contributed by atoms with Crippen LogP contribution in [0.25, 0.3) is 43.6 Å². The van der Waals surface area contributed by atoms with Crippen LogP contribution in [0.4, 0.5) is 0 Å². The molecule has 5 aromatic rings. The van der Waals surface area contributed by atoms with Crippen molar-refractivity contribution < 1.29 is 9.47 Å². The summed E-state index contributed by atoms with van der Waals surface area (Å²) in [4.78, 5) is 0. The van der Waals surface area contributed by atoms with Crippen LogP contribution in [0.3, 0.4) is 0 Å². The van der Waals surface area contributed by atoms with E-state index in [1.165, 1.54) is 32.7 Å². The van der Waals surface area contributed by atoms with Gasteiger partial charge in [0.2, 0.25) is 0 Å². The van der Waals surface area contributed by atoms with Crippen LogP contribution in [0.1, 0.15) is 13.8 Å². The number of aromatic nitrogens is 2. The highest BCUT2D eigenvalue weighted by atomic mass is 16.5. The smallest absolute Gasteiger partial charge is 0.185 e. The van der Waals surface area contributed by atoms with Gasteiger partial charge in [0, 0.05) is 40.3 Å². The fourth-order valence-electron chi connectivity index (χ4n) is 4.83. The molecular formula is C24H24N2O2. The molecule has 0 amide bonds. The molecule has 5 rings (SSSR count). The lowest BCUT2D eigenvalue weighted by Crippen LogP contribution is -2.00. The molecule has 142 valence electrons. The molecule has 0 unspecified atom stereocenters. The minimum Gasteiger partial charge on any atom is -0.492 e. The van der Waals surface area contributed by atoms with Crippen LogP contribution < -0.4 is 9.47 Å². The Kier molecular flexibility index (Phi) is 3.76. The molecule has 0 saturated heterocycles. The Labute approximate surface area is 163 Å². The van der Waals surface area contributed by atoms with Crippen LogP contribution in [0.2, 0.25) is 0 Å². The lowest BCUT2D eigenvalue weighted by molar-refractivity contribution is 0.361. The van der Waals surface area contributed by atoms with Crippen molar-refractivity contribution in [1.82, 2.24) is 9.13 Å². The first kappa shape index (κ1) is 17.0. The predicted octanol–water partition coefficient (Wildman–Crippen LogP) is 5.96. The number of hydrogen-bond acceptors (Lipinski definition) is 2. The lowest BCUT2D eigenvalue weighted by Gasteiger charge is -2.14. The average Bonchev–Trinajstić information content (AvgIpc) is 3.25. The first-order chi connectivity index (χ1) is 13.8. The summed E-state index contributed by atoms with van der Waals surface area (Å²) in [5.41, 5.74) is 4.77. The molecule has 28 heavy (non-hydrogen) atoms. The molecule has 2 heterocycles. The van der Waals surface area contributed by atoms with Crippen molar-refractivity contribution in [3.63, 3.8) is 0 Å². The number of para-hydroxylation sites is 2. The maximum atomic E-state index is 5.97. The molecule has 0 atom stereocenters. The van der Waals surface area contributed by atoms with Gasteiger partial charge in [-0.3, -0.25) is 0 Å². The van der Waals surface area contributed by atoms with Crippen molar-refractivity contribution in [1.29, 1.82) is 0 Å². The number of rotatable bonds is 4. The first-order valence-corrected chi connectivity index (χ1v) is 9.82. The molecule has 0 aliphatic rings. The highest BCUT2D eigenvalue weighted by molar-refractivity contribution is 6.29. The first-order valence-electron chi connectivity index (χ1n) is 9.82. The Balaban J connectivity index is 2.24. The largest absolute Gasteiger partial charge is 0.492 e. The normalized spacial score (nSPS) is 11.9. The van der Waals surface area contributed by atoms with Gasteiger partial charge in [0.05, 0.1) is 30.6 Å². The van der Waals surface area contributed by atoms with Gasteiger partial charge in [-0.2, -0.15) is 0 Å². The summed E-state index contributed by atoms with van der Waals surface area (Å²) in [7, 11) is 3.47. The van der Waals surface area contributed by atoms with E-state index < -0.39 is 0 Å². The lowest BCUT2D eigenvalue weighted by atomic mass is 10.1. The van der Waals surface area contributed by atoms with Gasteiger partial charge in [-0.1, -0.05) is 36.4 Å². The fourth-order valence-corrected chi connectivity index (χ4v) is 4.83. The average molecular weight is 372 g/mol. The third-order valence-electron chi connectivity index (χ3n) is 5.87. The summed E-state index contributed by atoms with van der Waals surface area (Å²) >= 11 is 0. The SMILES string of the molecule is CCn1c2ccccc2c2c1c(OC)c(OC)c1c3ccccc3n(CC)c12. The number of benzene rings is 3. The summed E-state index contributed by atoms with van der Waals surface area (Å²) in [6.45, 7) is 6.13. The zero-order valence-corrected chi connectivity index (χ0v) is 16.7. The van der Waals surface area contributed by atoms with Crippen molar-refractivity contribution in [2.45, 2.75) is 26.9 Å². The Morgan fingerprint density at radius 1 is 0.643 bits per heavy atom. The summed E-state index contributed by atoms with van der Waals surface area (Å²) in [6.07, 6.45) is 0. The summed E-state index contributed by atoms with van der Waals surface area (Å²) in [5.74, 6) is 1.62. The molecule has 0 spiro atoms. The Morgan fingerprint density at radius 2 is 1.14 bits per heavy atom. The number of aryl methyl sites for hydroxylation is 2. The maximum absolute atomic E-state index is 5.97. The fraction of sp³-hybridized carbons (Fsp3) is 0.250. The van der Waals surface area contributed by atoms with Gasteiger partial charge in [0.25, 0.3) is 0 Å². The Hall–Kier alpha value is -3.14. The highest BCUT2D eigenvalue weighted by Gasteiger charge is 2.26. The summed E-state index contributed by atoms with van der Waals surface area (Å²) in [6, 6.07) is 17.2. The van der Waals surface area contributed by atoms with Crippen molar-refractivity contribution in [2.24, 2.45) is 0 Å². The molecule has 3 aromatic carbocycles. The molecule has 2 aromatic heterocycles. The Bertz CT molecular complexity index is 1360. The molecule has 4 nitrogen and oxygen atoms in total. The number of hydrogen-bond donors (Lipinski definition) is 0. The van der Waals surface area contributed by atoms with Crippen LogP contribution in [-0.2, 0) is 13.1 Å². The second-order valence-electron chi connectivity index (χ2n) is 7.04. The van der Waals surface area contributed by atoms with Crippen LogP contribution in [0.15, 0.2) is 48.5 Å². The quantitative estimate of drug-likeness (QED) is 0.389.